The standard InChI is InChI=1S/C70H62O2/c1-47-4-32-68-62(33-47)29-30-63(40-58-23-17-54(18-24-58)36-50-7-11-52(12-8-50)38-56-21-27-60(28-22-56)43-66-46-72-66)70(68)69-44-61(41-64-34-48(2)3-31-67(64)69)39-57-15-13-53(14-16-57)35-49-5-9-51(10-6-49)37-55-19-25-59(26-20-55)42-65-45-71-65/h3-34,41,44,65-66H,35-40,42-43,45-46H2,1-2H3. The largest absolute Gasteiger partial charge is 0.373 e. The summed E-state index contributed by atoms with van der Waals surface area (Å²) in [6, 6.07) is 78.7. The molecule has 2 unspecified atom stereocenters. The molecule has 2 heteroatoms. The molecule has 2 nitrogen and oxygen atoms in total. The molecule has 2 aliphatic rings. The van der Waals surface area contributed by atoms with E-state index in [-0.39, 0.29) is 0 Å². The molecular weight excluding hydrogens is 873 g/mol. The molecule has 72 heavy (non-hydrogen) atoms. The number of hydrogen-bond acceptors (Lipinski definition) is 2. The van der Waals surface area contributed by atoms with Crippen LogP contribution >= 0.6 is 0 Å². The summed E-state index contributed by atoms with van der Waals surface area (Å²) in [5, 5.41) is 5.19. The molecule has 0 N–H and O–H groups in total. The van der Waals surface area contributed by atoms with Crippen molar-refractivity contribution in [3.8, 4) is 11.1 Å². The minimum atomic E-state index is 0.428. The fraction of sp³-hybridized carbons (Fsp3) is 0.200. The molecule has 2 aliphatic heterocycles. The van der Waals surface area contributed by atoms with Crippen LogP contribution < -0.4 is 0 Å². The second kappa shape index (κ2) is 20.4. The number of benzene rings is 10. The maximum absolute atomic E-state index is 5.41. The highest BCUT2D eigenvalue weighted by Crippen LogP contribution is 2.40. The molecule has 0 saturated carbocycles. The van der Waals surface area contributed by atoms with E-state index in [1.165, 1.54) is 122 Å². The molecule has 2 heterocycles. The van der Waals surface area contributed by atoms with Gasteiger partial charge in [-0.15, -0.1) is 0 Å². The Morgan fingerprint density at radius 3 is 1.03 bits per heavy atom. The number of fused-ring (bicyclic) bond motifs is 2. The highest BCUT2D eigenvalue weighted by Gasteiger charge is 2.23. The van der Waals surface area contributed by atoms with Crippen molar-refractivity contribution in [2.75, 3.05) is 13.2 Å². The van der Waals surface area contributed by atoms with Crippen molar-refractivity contribution in [1.29, 1.82) is 0 Å². The Balaban J connectivity index is 0.751. The zero-order chi connectivity index (χ0) is 48.4. The van der Waals surface area contributed by atoms with Crippen LogP contribution in [0.2, 0.25) is 0 Å². The number of hydrogen-bond donors (Lipinski definition) is 0. The van der Waals surface area contributed by atoms with Crippen LogP contribution in [-0.4, -0.2) is 25.4 Å². The second-order valence-corrected chi connectivity index (χ2v) is 21.0. The van der Waals surface area contributed by atoms with E-state index < -0.39 is 0 Å². The number of rotatable bonds is 17. The fourth-order valence-corrected chi connectivity index (χ4v) is 10.8. The summed E-state index contributed by atoms with van der Waals surface area (Å²) >= 11 is 0. The van der Waals surface area contributed by atoms with Crippen molar-refractivity contribution in [3.63, 3.8) is 0 Å². The quantitative estimate of drug-likeness (QED) is 0.0850. The van der Waals surface area contributed by atoms with E-state index in [2.05, 4.69) is 220 Å². The van der Waals surface area contributed by atoms with E-state index in [4.69, 9.17) is 9.47 Å². The lowest BCUT2D eigenvalue weighted by Gasteiger charge is -2.18. The molecule has 354 valence electrons. The van der Waals surface area contributed by atoms with Crippen LogP contribution in [0.4, 0.5) is 0 Å². The van der Waals surface area contributed by atoms with Crippen LogP contribution in [0.3, 0.4) is 0 Å². The van der Waals surface area contributed by atoms with Crippen LogP contribution in [0, 0.1) is 13.8 Å². The zero-order valence-corrected chi connectivity index (χ0v) is 41.7. The third-order valence-electron chi connectivity index (χ3n) is 15.0. The number of aryl methyl sites for hydroxylation is 2. The summed E-state index contributed by atoms with van der Waals surface area (Å²) in [5.41, 5.74) is 24.0. The van der Waals surface area contributed by atoms with Gasteiger partial charge in [0, 0.05) is 12.8 Å². The lowest BCUT2D eigenvalue weighted by Crippen LogP contribution is -1.98. The summed E-state index contributed by atoms with van der Waals surface area (Å²) in [6.07, 6.45) is 8.37. The average molecular weight is 935 g/mol. The van der Waals surface area contributed by atoms with Gasteiger partial charge in [-0.05, 0) is 163 Å². The summed E-state index contributed by atoms with van der Waals surface area (Å²) in [5.74, 6) is 0. The number of epoxide rings is 2. The van der Waals surface area contributed by atoms with Gasteiger partial charge in [-0.2, -0.15) is 0 Å². The van der Waals surface area contributed by atoms with Gasteiger partial charge in [0.25, 0.3) is 0 Å². The average Bonchev–Trinajstić information content (AvgIpc) is 4.36. The number of ether oxygens (including phenoxy) is 2. The van der Waals surface area contributed by atoms with E-state index in [1.807, 2.05) is 0 Å². The Bertz CT molecular complexity index is 3490. The van der Waals surface area contributed by atoms with Crippen molar-refractivity contribution in [1.82, 2.24) is 0 Å². The van der Waals surface area contributed by atoms with E-state index in [0.29, 0.717) is 12.2 Å². The Morgan fingerprint density at radius 1 is 0.306 bits per heavy atom. The zero-order valence-electron chi connectivity index (χ0n) is 41.7. The van der Waals surface area contributed by atoms with Gasteiger partial charge in [0.15, 0.2) is 0 Å². The first-order valence-corrected chi connectivity index (χ1v) is 26.1. The van der Waals surface area contributed by atoms with Gasteiger partial charge in [-0.1, -0.05) is 217 Å². The molecular formula is C70H62O2. The molecule has 10 aromatic rings. The van der Waals surface area contributed by atoms with Crippen molar-refractivity contribution < 1.29 is 9.47 Å². The molecule has 12 rings (SSSR count). The molecule has 2 atom stereocenters. The molecule has 0 radical (unpaired) electrons. The van der Waals surface area contributed by atoms with Crippen LogP contribution in [0.5, 0.6) is 0 Å². The monoisotopic (exact) mass is 934 g/mol. The maximum Gasteiger partial charge on any atom is 0.0850 e. The topological polar surface area (TPSA) is 25.1 Å². The molecule has 0 aliphatic carbocycles. The summed E-state index contributed by atoms with van der Waals surface area (Å²) in [7, 11) is 0. The normalized spacial score (nSPS) is 15.0. The van der Waals surface area contributed by atoms with Crippen molar-refractivity contribution in [2.24, 2.45) is 0 Å². The lowest BCUT2D eigenvalue weighted by molar-refractivity contribution is 0.407. The Kier molecular flexibility index (Phi) is 13.0. The smallest absolute Gasteiger partial charge is 0.0850 e. The van der Waals surface area contributed by atoms with Gasteiger partial charge in [0.2, 0.25) is 0 Å². The Labute approximate surface area is 426 Å². The first-order valence-electron chi connectivity index (χ1n) is 26.1. The second-order valence-electron chi connectivity index (χ2n) is 21.0. The first kappa shape index (κ1) is 45.8. The molecule has 0 spiro atoms. The SMILES string of the molecule is Cc1ccc2c(-c3c(Cc4ccc(Cc5ccc(Cc6ccc(CC7CO7)cc6)cc5)cc4)ccc4cc(C)ccc34)cc(Cc3ccc(Cc4ccc(Cc5ccc(CC6CO6)cc5)cc4)cc3)cc2c1. The third-order valence-corrected chi connectivity index (χ3v) is 15.0. The van der Waals surface area contributed by atoms with Crippen molar-refractivity contribution in [2.45, 2.75) is 77.4 Å². The predicted octanol–water partition coefficient (Wildman–Crippen LogP) is 15.7. The molecule has 0 amide bonds. The lowest BCUT2D eigenvalue weighted by atomic mass is 9.85. The van der Waals surface area contributed by atoms with Crippen molar-refractivity contribution in [3.05, 3.63) is 295 Å². The molecule has 0 bridgehead atoms. The molecule has 2 saturated heterocycles. The Hall–Kier alpha value is -7.36. The molecule has 10 aromatic carbocycles. The van der Waals surface area contributed by atoms with Gasteiger partial charge < -0.3 is 9.47 Å². The van der Waals surface area contributed by atoms with Crippen molar-refractivity contribution >= 4 is 21.5 Å². The maximum atomic E-state index is 5.41. The minimum Gasteiger partial charge on any atom is -0.373 e. The van der Waals surface area contributed by atoms with E-state index in [1.54, 1.807) is 0 Å². The summed E-state index contributed by atoms with van der Waals surface area (Å²) in [6.45, 7) is 6.22. The predicted molar refractivity (Wildman–Crippen MR) is 299 cm³/mol. The highest BCUT2D eigenvalue weighted by atomic mass is 16.6. The fourth-order valence-electron chi connectivity index (χ4n) is 10.8. The van der Waals surface area contributed by atoms with Gasteiger partial charge >= 0.3 is 0 Å². The molecule has 0 aromatic heterocycles. The van der Waals surface area contributed by atoms with Gasteiger partial charge in [-0.25, -0.2) is 0 Å². The van der Waals surface area contributed by atoms with Crippen LogP contribution in [-0.2, 0) is 60.8 Å². The first-order chi connectivity index (χ1) is 35.3. The van der Waals surface area contributed by atoms with E-state index >= 15 is 0 Å². The Morgan fingerprint density at radius 2 is 0.639 bits per heavy atom. The van der Waals surface area contributed by atoms with Gasteiger partial charge in [0.1, 0.15) is 0 Å². The summed E-state index contributed by atoms with van der Waals surface area (Å²) < 4.78 is 10.8. The molecule has 2 fully saturated rings. The summed E-state index contributed by atoms with van der Waals surface area (Å²) in [4.78, 5) is 0. The van der Waals surface area contributed by atoms with Crippen LogP contribution in [0.25, 0.3) is 32.7 Å². The van der Waals surface area contributed by atoms with E-state index in [0.717, 1.165) is 64.6 Å². The third kappa shape index (κ3) is 11.2. The van der Waals surface area contributed by atoms with Gasteiger partial charge in [0.05, 0.1) is 25.4 Å². The minimum absolute atomic E-state index is 0.428. The van der Waals surface area contributed by atoms with E-state index in [9.17, 15) is 0 Å². The highest BCUT2D eigenvalue weighted by molar-refractivity contribution is 6.07. The van der Waals surface area contributed by atoms with Crippen LogP contribution in [0.15, 0.2) is 206 Å². The van der Waals surface area contributed by atoms with Crippen LogP contribution in [0.1, 0.15) is 89.0 Å². The van der Waals surface area contributed by atoms with Gasteiger partial charge in [-0.3, -0.25) is 0 Å².